The molecule has 240 valence electrons. The Morgan fingerprint density at radius 1 is 0.822 bits per heavy atom. The molecule has 45 heavy (non-hydrogen) atoms. The van der Waals surface area contributed by atoms with Crippen LogP contribution < -0.4 is 21.3 Å². The lowest BCUT2D eigenvalue weighted by Gasteiger charge is -2.10. The topological polar surface area (TPSA) is 164 Å². The summed E-state index contributed by atoms with van der Waals surface area (Å²) in [7, 11) is 0. The van der Waals surface area contributed by atoms with Crippen LogP contribution in [0.5, 0.6) is 0 Å². The van der Waals surface area contributed by atoms with E-state index in [1.165, 1.54) is 0 Å². The average Bonchev–Trinajstić information content (AvgIpc) is 3.59. The number of aromatic nitrogens is 2. The Balaban J connectivity index is 1.92. The van der Waals surface area contributed by atoms with Crippen LogP contribution in [0.4, 0.5) is 0 Å². The predicted octanol–water partition coefficient (Wildman–Crippen LogP) is 3.05. The van der Waals surface area contributed by atoms with Crippen molar-refractivity contribution in [1.82, 2.24) is 20.6 Å². The van der Waals surface area contributed by atoms with Gasteiger partial charge in [0.05, 0.1) is 5.92 Å². The van der Waals surface area contributed by atoms with Gasteiger partial charge in [-0.25, -0.2) is 0 Å². The maximum Gasteiger partial charge on any atom is 0.303 e. The molecule has 0 fully saturated rings. The van der Waals surface area contributed by atoms with Crippen molar-refractivity contribution < 1.29 is 29.4 Å². The van der Waals surface area contributed by atoms with Gasteiger partial charge in [0.15, 0.2) is 0 Å². The summed E-state index contributed by atoms with van der Waals surface area (Å²) in [5, 5.41) is 25.8. The van der Waals surface area contributed by atoms with Gasteiger partial charge in [-0.3, -0.25) is 19.2 Å². The number of rotatable bonds is 11. The van der Waals surface area contributed by atoms with Gasteiger partial charge in [-0.2, -0.15) is 25.3 Å². The zero-order chi connectivity index (χ0) is 33.3. The summed E-state index contributed by atoms with van der Waals surface area (Å²) in [6.07, 6.45) is 5.92. The first kappa shape index (κ1) is 34.0. The zero-order valence-corrected chi connectivity index (χ0v) is 28.0. The van der Waals surface area contributed by atoms with Gasteiger partial charge < -0.3 is 30.8 Å². The van der Waals surface area contributed by atoms with Crippen LogP contribution in [-0.2, 0) is 32.0 Å². The molecule has 2 aliphatic heterocycles. The van der Waals surface area contributed by atoms with Gasteiger partial charge in [0.2, 0.25) is 5.91 Å². The van der Waals surface area contributed by atoms with Crippen LogP contribution in [0.25, 0.3) is 18.2 Å². The van der Waals surface area contributed by atoms with Crippen molar-refractivity contribution >= 4 is 67.2 Å². The number of hydrogen-bond donors (Lipinski definition) is 8. The number of allylic oxidation sites excluding steroid dienone is 2. The van der Waals surface area contributed by atoms with Crippen LogP contribution in [0.3, 0.4) is 0 Å². The predicted molar refractivity (Wildman–Crippen MR) is 180 cm³/mol. The van der Waals surface area contributed by atoms with Crippen molar-refractivity contribution in [2.24, 2.45) is 5.92 Å². The number of nitrogens with one attached hydrogen (secondary N) is 4. The third kappa shape index (κ3) is 7.17. The van der Waals surface area contributed by atoms with E-state index < -0.39 is 11.9 Å². The number of carboxylic acid groups (broad SMARTS) is 2. The lowest BCUT2D eigenvalue weighted by molar-refractivity contribution is -0.138. The lowest BCUT2D eigenvalue weighted by Crippen LogP contribution is -2.21. The van der Waals surface area contributed by atoms with E-state index in [1.807, 2.05) is 59.8 Å². The van der Waals surface area contributed by atoms with Gasteiger partial charge >= 0.3 is 11.9 Å². The molecule has 6 N–H and O–H groups in total. The molecule has 0 saturated heterocycles. The van der Waals surface area contributed by atoms with E-state index in [2.05, 4.69) is 45.9 Å². The molecule has 2 aromatic heterocycles. The van der Waals surface area contributed by atoms with Crippen molar-refractivity contribution in [2.45, 2.75) is 77.7 Å². The summed E-state index contributed by atoms with van der Waals surface area (Å²) >= 11 is 9.03. The molecule has 0 saturated carbocycles. The standard InChI is InChI=1S/C33H40N4O6S2/c1-14-20(7-9-28(38)39)25(34-22(14)11-24-16(3)31(19(6)45)33(43)36-24)13-26-21(8-10-29(40)41)15(2)23(35-26)12-27-30(18(5)44)17(4)32(42)37-27/h11-13,17-19,34-35,44-45H,7-10H2,1-6H3,(H,36,43)(H,37,42)(H,38,39)(H,40,41)/b23-12+,24-11-,26-13+/t17?,18-,19-/m0/s1. The fourth-order valence-corrected chi connectivity index (χ4v) is 6.75. The molecule has 0 bridgehead atoms. The highest BCUT2D eigenvalue weighted by atomic mass is 32.1. The van der Waals surface area contributed by atoms with Crippen LogP contribution in [-0.4, -0.2) is 54.4 Å². The molecule has 0 aliphatic carbocycles. The quantitative estimate of drug-likeness (QED) is 0.174. The van der Waals surface area contributed by atoms with Gasteiger partial charge in [0, 0.05) is 62.4 Å². The van der Waals surface area contributed by atoms with Crippen LogP contribution in [0.15, 0.2) is 28.1 Å². The highest BCUT2D eigenvalue weighted by molar-refractivity contribution is 7.81. The largest absolute Gasteiger partial charge is 0.481 e. The van der Waals surface area contributed by atoms with E-state index in [-0.39, 0.29) is 53.9 Å². The second-order valence-electron chi connectivity index (χ2n) is 11.7. The molecule has 2 aromatic rings. The van der Waals surface area contributed by atoms with Crippen molar-refractivity contribution in [3.8, 4) is 0 Å². The van der Waals surface area contributed by atoms with Gasteiger partial charge in [-0.1, -0.05) is 0 Å². The lowest BCUT2D eigenvalue weighted by atomic mass is 9.99. The first-order valence-electron chi connectivity index (χ1n) is 14.8. The number of aromatic amines is 2. The molecule has 0 aromatic carbocycles. The molecule has 2 amide bonds. The molecule has 0 radical (unpaired) electrons. The minimum absolute atomic E-state index is 0.0848. The third-order valence-electron chi connectivity index (χ3n) is 8.54. The Labute approximate surface area is 272 Å². The Hall–Kier alpha value is -3.90. The fourth-order valence-electron chi connectivity index (χ4n) is 6.07. The summed E-state index contributed by atoms with van der Waals surface area (Å²) < 4.78 is 0. The molecular weight excluding hydrogens is 613 g/mol. The smallest absolute Gasteiger partial charge is 0.303 e. The number of amides is 2. The minimum Gasteiger partial charge on any atom is -0.481 e. The number of carbonyl (C=O) groups is 4. The van der Waals surface area contributed by atoms with Crippen LogP contribution in [0, 0.1) is 19.8 Å². The monoisotopic (exact) mass is 652 g/mol. The molecule has 4 rings (SSSR count). The normalized spacial score (nSPS) is 20.0. The van der Waals surface area contributed by atoms with Crippen molar-refractivity contribution in [3.05, 3.63) is 72.5 Å². The van der Waals surface area contributed by atoms with E-state index in [0.717, 1.165) is 38.7 Å². The van der Waals surface area contributed by atoms with Crippen LogP contribution >= 0.6 is 25.3 Å². The summed E-state index contributed by atoms with van der Waals surface area (Å²) in [6.45, 7) is 11.3. The summed E-state index contributed by atoms with van der Waals surface area (Å²) in [5.74, 6) is -2.49. The minimum atomic E-state index is -0.930. The molecule has 3 atom stereocenters. The molecule has 10 nitrogen and oxygen atoms in total. The SMILES string of the molecule is CC1=C([C@H](C)S)C(=O)N/C1=C\c1[nH]c(/C=c2/[nH]/c(=C/C3=C([C@H](C)S)C(C)C(=O)N3)c(C)c2CCC(=O)O)c(CCC(=O)O)c1C. The number of aliphatic carboxylic acids is 2. The van der Waals surface area contributed by atoms with E-state index in [9.17, 15) is 29.4 Å². The van der Waals surface area contributed by atoms with Crippen LogP contribution in [0.1, 0.15) is 74.2 Å². The average molecular weight is 653 g/mol. The molecule has 12 heteroatoms. The Bertz CT molecular complexity index is 1810. The first-order chi connectivity index (χ1) is 21.1. The number of H-pyrrole nitrogens is 2. The number of carbonyl (C=O) groups excluding carboxylic acids is 2. The molecule has 4 heterocycles. The van der Waals surface area contributed by atoms with Gasteiger partial charge in [-0.05, 0) is 106 Å². The molecule has 1 unspecified atom stereocenters. The van der Waals surface area contributed by atoms with Crippen molar-refractivity contribution in [3.63, 3.8) is 0 Å². The first-order valence-corrected chi connectivity index (χ1v) is 15.8. The highest BCUT2D eigenvalue weighted by Gasteiger charge is 2.31. The number of hydrogen-bond acceptors (Lipinski definition) is 6. The molecular formula is C33H40N4O6S2. The summed E-state index contributed by atoms with van der Waals surface area (Å²) in [6, 6.07) is 0. The highest BCUT2D eigenvalue weighted by Crippen LogP contribution is 2.30. The number of carboxylic acids is 2. The van der Waals surface area contributed by atoms with E-state index >= 15 is 0 Å². The Morgan fingerprint density at radius 2 is 1.44 bits per heavy atom. The summed E-state index contributed by atoms with van der Waals surface area (Å²) in [4.78, 5) is 55.0. The Kier molecular flexibility index (Phi) is 10.3. The second-order valence-corrected chi connectivity index (χ2v) is 13.2. The number of thiol groups is 2. The molecule has 0 spiro atoms. The third-order valence-corrected chi connectivity index (χ3v) is 9.08. The van der Waals surface area contributed by atoms with Crippen molar-refractivity contribution in [2.75, 3.05) is 0 Å². The summed E-state index contributed by atoms with van der Waals surface area (Å²) in [5.41, 5.74) is 8.24. The Morgan fingerprint density at radius 3 is 2.00 bits per heavy atom. The fraction of sp³-hybridized carbons (Fsp3) is 0.394. The van der Waals surface area contributed by atoms with Gasteiger partial charge in [-0.15, -0.1) is 0 Å². The van der Waals surface area contributed by atoms with E-state index in [0.29, 0.717) is 33.7 Å². The van der Waals surface area contributed by atoms with E-state index in [1.54, 1.807) is 0 Å². The van der Waals surface area contributed by atoms with E-state index in [4.69, 9.17) is 0 Å². The maximum atomic E-state index is 12.6. The van der Waals surface area contributed by atoms with Crippen LogP contribution in [0.2, 0.25) is 0 Å². The molecule has 2 aliphatic rings. The zero-order valence-electron chi connectivity index (χ0n) is 26.2. The van der Waals surface area contributed by atoms with Crippen molar-refractivity contribution in [1.29, 1.82) is 0 Å². The van der Waals surface area contributed by atoms with Gasteiger partial charge in [0.25, 0.3) is 5.91 Å². The maximum absolute atomic E-state index is 12.6. The van der Waals surface area contributed by atoms with Gasteiger partial charge in [0.1, 0.15) is 0 Å². The second kappa shape index (κ2) is 13.6.